The minimum atomic E-state index is -5.08. The van der Waals surface area contributed by atoms with E-state index in [9.17, 15) is 32.7 Å². The number of nitrogens with zero attached hydrogens (tertiary/aromatic N) is 3. The number of benzene rings is 1. The molecule has 2 aromatic heterocycles. The molecule has 0 bridgehead atoms. The lowest BCUT2D eigenvalue weighted by molar-refractivity contribution is -0.192. The number of alkyl carbamates (subject to hydrolysis) is 1. The number of rotatable bonds is 13. The number of carbonyl (C=O) groups is 3. The summed E-state index contributed by atoms with van der Waals surface area (Å²) in [6, 6.07) is 13.9. The van der Waals surface area contributed by atoms with Crippen LogP contribution in [0.2, 0.25) is 0 Å². The second-order valence-corrected chi connectivity index (χ2v) is 8.93. The number of aryl methyl sites for hydroxylation is 1. The third-order valence-electron chi connectivity index (χ3n) is 5.41. The van der Waals surface area contributed by atoms with Crippen molar-refractivity contribution in [1.29, 1.82) is 0 Å². The molecule has 0 aliphatic carbocycles. The summed E-state index contributed by atoms with van der Waals surface area (Å²) < 4.78 is 38.2. The average molecular weight is 609 g/mol. The van der Waals surface area contributed by atoms with Gasteiger partial charge in [0.15, 0.2) is 0 Å². The maximum Gasteiger partial charge on any atom is 0.490 e. The van der Waals surface area contributed by atoms with Crippen molar-refractivity contribution in [3.63, 3.8) is 0 Å². The number of ether oxygens (including phenoxy) is 1. The van der Waals surface area contributed by atoms with Gasteiger partial charge >= 0.3 is 29.9 Å². The lowest BCUT2D eigenvalue weighted by Crippen LogP contribution is -2.42. The maximum atomic E-state index is 12.6. The molecule has 0 aliphatic heterocycles. The number of aliphatic carboxylic acids is 2. The fraction of sp³-hybridized carbons (Fsp3) is 0.333. The second kappa shape index (κ2) is 17.0. The first-order chi connectivity index (χ1) is 20.3. The number of pyridine rings is 1. The fourth-order valence-corrected chi connectivity index (χ4v) is 3.43. The molecule has 2 heterocycles. The van der Waals surface area contributed by atoms with Gasteiger partial charge in [0.05, 0.1) is 12.5 Å². The topological polar surface area (TPSA) is 185 Å². The van der Waals surface area contributed by atoms with Gasteiger partial charge in [-0.2, -0.15) is 18.2 Å². The van der Waals surface area contributed by atoms with E-state index in [0.29, 0.717) is 24.5 Å². The Labute approximate surface area is 243 Å². The van der Waals surface area contributed by atoms with Gasteiger partial charge in [0.2, 0.25) is 0 Å². The molecule has 43 heavy (non-hydrogen) atoms. The number of anilines is 2. The van der Waals surface area contributed by atoms with Crippen molar-refractivity contribution in [3.05, 3.63) is 82.5 Å². The molecule has 1 aromatic carbocycles. The molecular weight excluding hydrogens is 577 g/mol. The van der Waals surface area contributed by atoms with Crippen LogP contribution in [0.4, 0.5) is 29.6 Å². The highest BCUT2D eigenvalue weighted by Crippen LogP contribution is 2.13. The molecule has 5 N–H and O–H groups in total. The molecule has 1 unspecified atom stereocenters. The minimum Gasteiger partial charge on any atom is -0.481 e. The molecule has 13 nitrogen and oxygen atoms in total. The number of hydrogen-bond donors (Lipinski definition) is 5. The number of carboxylic acid groups (broad SMARTS) is 2. The van der Waals surface area contributed by atoms with Crippen LogP contribution < -0.4 is 21.6 Å². The van der Waals surface area contributed by atoms with Crippen molar-refractivity contribution in [1.82, 2.24) is 19.9 Å². The van der Waals surface area contributed by atoms with Gasteiger partial charge in [-0.1, -0.05) is 36.4 Å². The number of carbonyl (C=O) groups excluding carboxylic acids is 1. The third-order valence-corrected chi connectivity index (χ3v) is 5.41. The number of carboxylic acids is 2. The van der Waals surface area contributed by atoms with Gasteiger partial charge in [0.1, 0.15) is 18.2 Å². The zero-order valence-electron chi connectivity index (χ0n) is 23.0. The molecule has 0 fully saturated rings. The van der Waals surface area contributed by atoms with Crippen LogP contribution in [-0.4, -0.2) is 68.1 Å². The number of alkyl halides is 3. The first-order valence-corrected chi connectivity index (χ1v) is 12.8. The number of nitrogens with one attached hydrogen (secondary N) is 3. The van der Waals surface area contributed by atoms with Crippen molar-refractivity contribution >= 4 is 29.7 Å². The van der Waals surface area contributed by atoms with Crippen molar-refractivity contribution in [3.8, 4) is 0 Å². The average Bonchev–Trinajstić information content (AvgIpc) is 2.94. The zero-order chi connectivity index (χ0) is 31.8. The monoisotopic (exact) mass is 608 g/mol. The summed E-state index contributed by atoms with van der Waals surface area (Å²) in [7, 11) is 0. The van der Waals surface area contributed by atoms with Crippen LogP contribution in [0.15, 0.2) is 65.7 Å². The normalized spacial score (nSPS) is 11.3. The molecule has 16 heteroatoms. The maximum absolute atomic E-state index is 12.6. The van der Waals surface area contributed by atoms with E-state index in [0.717, 1.165) is 17.8 Å². The van der Waals surface area contributed by atoms with E-state index in [-0.39, 0.29) is 19.6 Å². The molecule has 0 saturated carbocycles. The Kier molecular flexibility index (Phi) is 13.4. The Bertz CT molecular complexity index is 1390. The highest BCUT2D eigenvalue weighted by Gasteiger charge is 2.38. The van der Waals surface area contributed by atoms with Crippen molar-refractivity contribution < 1.29 is 42.5 Å². The summed E-state index contributed by atoms with van der Waals surface area (Å²) in [5.41, 5.74) is 0.964. The minimum absolute atomic E-state index is 0.0465. The SMILES string of the molecule is Cc1cn(CC(CC(=O)O)NC(=O)OCc2ccccc2)c(=O)nc1NCCCNc1ccccn1.O=C(O)C(F)(F)F. The Morgan fingerprint density at radius 2 is 1.67 bits per heavy atom. The standard InChI is InChI=1S/C25H30N6O5.C2HF3O2/c1-18-15-31(24(34)30-23(18)28-13-7-12-27-21-10-5-6-11-26-21)16-20(14-22(32)33)29-25(35)36-17-19-8-3-2-4-9-19;3-2(4,5)1(6)7/h2-6,8-11,15,20H,7,12-14,16-17H2,1H3,(H,26,27)(H,29,35)(H,32,33)(H,28,30,34);(H,6,7). The van der Waals surface area contributed by atoms with Crippen LogP contribution in [0.3, 0.4) is 0 Å². The molecule has 1 atom stereocenters. The van der Waals surface area contributed by atoms with Gasteiger partial charge in [-0.25, -0.2) is 19.4 Å². The molecule has 3 aromatic rings. The molecule has 0 radical (unpaired) electrons. The van der Waals surface area contributed by atoms with Crippen LogP contribution in [-0.2, 0) is 27.5 Å². The van der Waals surface area contributed by atoms with Crippen LogP contribution in [0, 0.1) is 6.92 Å². The van der Waals surface area contributed by atoms with Gasteiger partial charge in [0, 0.05) is 37.6 Å². The van der Waals surface area contributed by atoms with Crippen LogP contribution in [0.1, 0.15) is 24.0 Å². The zero-order valence-corrected chi connectivity index (χ0v) is 23.0. The van der Waals surface area contributed by atoms with E-state index in [1.165, 1.54) is 4.57 Å². The van der Waals surface area contributed by atoms with Gasteiger partial charge in [-0.3, -0.25) is 9.36 Å². The summed E-state index contributed by atoms with van der Waals surface area (Å²) in [5.74, 6) is -2.62. The second-order valence-electron chi connectivity index (χ2n) is 8.93. The van der Waals surface area contributed by atoms with Gasteiger partial charge in [-0.15, -0.1) is 0 Å². The summed E-state index contributed by atoms with van der Waals surface area (Å²) in [4.78, 5) is 53.3. The van der Waals surface area contributed by atoms with Crippen molar-refractivity contribution in [2.24, 2.45) is 0 Å². The Morgan fingerprint density at radius 3 is 2.28 bits per heavy atom. The van der Waals surface area contributed by atoms with E-state index in [1.807, 2.05) is 48.5 Å². The number of halogens is 3. The van der Waals surface area contributed by atoms with E-state index in [2.05, 4.69) is 25.9 Å². The lowest BCUT2D eigenvalue weighted by atomic mass is 10.2. The quantitative estimate of drug-likeness (QED) is 0.179. The predicted molar refractivity (Wildman–Crippen MR) is 149 cm³/mol. The van der Waals surface area contributed by atoms with E-state index in [1.54, 1.807) is 19.3 Å². The van der Waals surface area contributed by atoms with Gasteiger partial charge in [-0.05, 0) is 31.0 Å². The Morgan fingerprint density at radius 1 is 1.02 bits per heavy atom. The van der Waals surface area contributed by atoms with Crippen molar-refractivity contribution in [2.45, 2.75) is 45.1 Å². The summed E-state index contributed by atoms with van der Waals surface area (Å²) in [6.07, 6.45) is -2.14. The molecule has 0 saturated heterocycles. The highest BCUT2D eigenvalue weighted by atomic mass is 19.4. The first kappa shape index (κ1) is 34.1. The fourth-order valence-electron chi connectivity index (χ4n) is 3.43. The van der Waals surface area contributed by atoms with Crippen LogP contribution in [0.25, 0.3) is 0 Å². The molecule has 0 aliphatic rings. The van der Waals surface area contributed by atoms with E-state index >= 15 is 0 Å². The molecule has 232 valence electrons. The highest BCUT2D eigenvalue weighted by molar-refractivity contribution is 5.73. The van der Waals surface area contributed by atoms with E-state index < -0.39 is 35.9 Å². The first-order valence-electron chi connectivity index (χ1n) is 12.8. The molecule has 0 spiro atoms. The number of amides is 1. The smallest absolute Gasteiger partial charge is 0.481 e. The lowest BCUT2D eigenvalue weighted by Gasteiger charge is -2.19. The predicted octanol–water partition coefficient (Wildman–Crippen LogP) is 3.26. The van der Waals surface area contributed by atoms with Crippen LogP contribution >= 0.6 is 0 Å². The largest absolute Gasteiger partial charge is 0.490 e. The summed E-state index contributed by atoms with van der Waals surface area (Å²) in [5, 5.41) is 25.3. The van der Waals surface area contributed by atoms with Gasteiger partial charge in [0.25, 0.3) is 0 Å². The van der Waals surface area contributed by atoms with Crippen molar-refractivity contribution in [2.75, 3.05) is 23.7 Å². The number of hydrogen-bond acceptors (Lipinski definition) is 9. The van der Waals surface area contributed by atoms with Crippen LogP contribution in [0.5, 0.6) is 0 Å². The van der Waals surface area contributed by atoms with Gasteiger partial charge < -0.3 is 30.9 Å². The summed E-state index contributed by atoms with van der Waals surface area (Å²) >= 11 is 0. The Balaban J connectivity index is 0.000000821. The number of aromatic nitrogens is 3. The van der Waals surface area contributed by atoms with E-state index in [4.69, 9.17) is 14.6 Å². The molecule has 1 amide bonds. The molecule has 3 rings (SSSR count). The third kappa shape index (κ3) is 13.4. The molecular formula is C27H31F3N6O7. The summed E-state index contributed by atoms with van der Waals surface area (Å²) in [6.45, 7) is 3.07. The Hall–Kier alpha value is -5.15.